The van der Waals surface area contributed by atoms with Gasteiger partial charge in [0.1, 0.15) is 5.75 Å². The standard InChI is InChI=1S/C15H21NO/c1-3-6-13(16-2)11-12-9-10-17-15-8-5-4-7-14(12)15/h3-5,7-8,12-13,16H,1,6,9-11H2,2H3. The number of fused-ring (bicyclic) bond motifs is 1. The number of hydrogen-bond acceptors (Lipinski definition) is 2. The van der Waals surface area contributed by atoms with Crippen molar-refractivity contribution < 1.29 is 4.74 Å². The molecule has 1 heterocycles. The molecule has 1 aliphatic heterocycles. The highest BCUT2D eigenvalue weighted by molar-refractivity contribution is 5.37. The molecule has 1 aliphatic rings. The van der Waals surface area contributed by atoms with Crippen molar-refractivity contribution in [1.29, 1.82) is 0 Å². The summed E-state index contributed by atoms with van der Waals surface area (Å²) in [5.74, 6) is 1.68. The predicted molar refractivity (Wildman–Crippen MR) is 71.6 cm³/mol. The third-order valence-electron chi connectivity index (χ3n) is 3.51. The zero-order valence-electron chi connectivity index (χ0n) is 10.5. The minimum absolute atomic E-state index is 0.517. The van der Waals surface area contributed by atoms with Crippen LogP contribution in [-0.4, -0.2) is 19.7 Å². The van der Waals surface area contributed by atoms with Gasteiger partial charge in [-0.25, -0.2) is 0 Å². The van der Waals surface area contributed by atoms with Crippen molar-refractivity contribution in [3.63, 3.8) is 0 Å². The maximum absolute atomic E-state index is 5.69. The molecule has 1 aromatic carbocycles. The average molecular weight is 231 g/mol. The molecule has 1 N–H and O–H groups in total. The monoisotopic (exact) mass is 231 g/mol. The van der Waals surface area contributed by atoms with E-state index in [1.165, 1.54) is 5.56 Å². The van der Waals surface area contributed by atoms with Crippen LogP contribution in [0.15, 0.2) is 36.9 Å². The second-order valence-corrected chi connectivity index (χ2v) is 4.62. The predicted octanol–water partition coefficient (Wildman–Crippen LogP) is 3.11. The summed E-state index contributed by atoms with van der Waals surface area (Å²) in [5.41, 5.74) is 1.36. The van der Waals surface area contributed by atoms with E-state index >= 15 is 0 Å². The topological polar surface area (TPSA) is 21.3 Å². The lowest BCUT2D eigenvalue weighted by Gasteiger charge is -2.28. The smallest absolute Gasteiger partial charge is 0.122 e. The number of benzene rings is 1. The summed E-state index contributed by atoms with van der Waals surface area (Å²) in [6, 6.07) is 8.93. The van der Waals surface area contributed by atoms with E-state index in [0.717, 1.165) is 31.6 Å². The van der Waals surface area contributed by atoms with Gasteiger partial charge in [-0.3, -0.25) is 0 Å². The van der Waals surface area contributed by atoms with E-state index in [2.05, 4.69) is 30.1 Å². The summed E-state index contributed by atoms with van der Waals surface area (Å²) in [4.78, 5) is 0. The highest BCUT2D eigenvalue weighted by Crippen LogP contribution is 2.36. The van der Waals surface area contributed by atoms with Crippen LogP contribution >= 0.6 is 0 Å². The Morgan fingerprint density at radius 3 is 3.12 bits per heavy atom. The zero-order chi connectivity index (χ0) is 12.1. The molecule has 0 amide bonds. The average Bonchev–Trinajstić information content (AvgIpc) is 2.38. The molecule has 92 valence electrons. The molecule has 17 heavy (non-hydrogen) atoms. The van der Waals surface area contributed by atoms with Gasteiger partial charge in [0.25, 0.3) is 0 Å². The van der Waals surface area contributed by atoms with Crippen molar-refractivity contribution in [2.45, 2.75) is 31.2 Å². The van der Waals surface area contributed by atoms with Gasteiger partial charge < -0.3 is 10.1 Å². The number of hydrogen-bond donors (Lipinski definition) is 1. The molecule has 0 fully saturated rings. The number of nitrogens with one attached hydrogen (secondary N) is 1. The van der Waals surface area contributed by atoms with Crippen LogP contribution in [0.2, 0.25) is 0 Å². The highest BCUT2D eigenvalue weighted by Gasteiger charge is 2.23. The SMILES string of the molecule is C=CCC(CC1CCOc2ccccc21)NC. The number of ether oxygens (including phenoxy) is 1. The van der Waals surface area contributed by atoms with Crippen LogP contribution in [0.4, 0.5) is 0 Å². The van der Waals surface area contributed by atoms with Gasteiger partial charge in [-0.15, -0.1) is 6.58 Å². The van der Waals surface area contributed by atoms with Gasteiger partial charge in [-0.1, -0.05) is 24.3 Å². The first-order valence-electron chi connectivity index (χ1n) is 6.35. The van der Waals surface area contributed by atoms with Crippen molar-refractivity contribution >= 4 is 0 Å². The maximum Gasteiger partial charge on any atom is 0.122 e. The Morgan fingerprint density at radius 2 is 2.35 bits per heavy atom. The third kappa shape index (κ3) is 2.89. The van der Waals surface area contributed by atoms with Crippen molar-refractivity contribution in [1.82, 2.24) is 5.32 Å². The first kappa shape index (κ1) is 12.2. The Bertz CT molecular complexity index is 375. The normalized spacial score (nSPS) is 20.2. The molecule has 2 rings (SSSR count). The number of para-hydroxylation sites is 1. The molecule has 0 bridgehead atoms. The summed E-state index contributed by atoms with van der Waals surface area (Å²) in [6.07, 6.45) is 5.29. The quantitative estimate of drug-likeness (QED) is 0.786. The third-order valence-corrected chi connectivity index (χ3v) is 3.51. The van der Waals surface area contributed by atoms with Gasteiger partial charge >= 0.3 is 0 Å². The second kappa shape index (κ2) is 5.87. The molecule has 2 atom stereocenters. The van der Waals surface area contributed by atoms with Gasteiger partial charge in [0.05, 0.1) is 6.61 Å². The van der Waals surface area contributed by atoms with Gasteiger partial charge in [0, 0.05) is 6.04 Å². The summed E-state index contributed by atoms with van der Waals surface area (Å²) < 4.78 is 5.69. The van der Waals surface area contributed by atoms with Gasteiger partial charge in [-0.05, 0) is 43.9 Å². The van der Waals surface area contributed by atoms with Crippen molar-refractivity contribution in [2.24, 2.45) is 0 Å². The fourth-order valence-corrected chi connectivity index (χ4v) is 2.54. The lowest BCUT2D eigenvalue weighted by Crippen LogP contribution is -2.28. The van der Waals surface area contributed by atoms with Crippen LogP contribution < -0.4 is 10.1 Å². The van der Waals surface area contributed by atoms with Crippen molar-refractivity contribution in [3.8, 4) is 5.75 Å². The number of rotatable bonds is 5. The Hall–Kier alpha value is -1.28. The van der Waals surface area contributed by atoms with Gasteiger partial charge in [0.15, 0.2) is 0 Å². The van der Waals surface area contributed by atoms with Crippen molar-refractivity contribution in [2.75, 3.05) is 13.7 Å². The van der Waals surface area contributed by atoms with Crippen LogP contribution in [0, 0.1) is 0 Å². The summed E-state index contributed by atoms with van der Waals surface area (Å²) >= 11 is 0. The Labute approximate surface area is 104 Å². The fraction of sp³-hybridized carbons (Fsp3) is 0.467. The molecule has 0 spiro atoms. The molecule has 0 radical (unpaired) electrons. The molecule has 2 unspecified atom stereocenters. The second-order valence-electron chi connectivity index (χ2n) is 4.62. The van der Waals surface area contributed by atoms with E-state index < -0.39 is 0 Å². The van der Waals surface area contributed by atoms with E-state index in [1.807, 2.05) is 19.2 Å². The Balaban J connectivity index is 2.09. The molecular weight excluding hydrogens is 210 g/mol. The first-order valence-corrected chi connectivity index (χ1v) is 6.35. The summed E-state index contributed by atoms with van der Waals surface area (Å²) in [6.45, 7) is 4.66. The molecule has 1 aromatic rings. The van der Waals surface area contributed by atoms with Crippen LogP contribution in [-0.2, 0) is 0 Å². The molecule has 2 nitrogen and oxygen atoms in total. The zero-order valence-corrected chi connectivity index (χ0v) is 10.5. The van der Waals surface area contributed by atoms with Crippen molar-refractivity contribution in [3.05, 3.63) is 42.5 Å². The fourth-order valence-electron chi connectivity index (χ4n) is 2.54. The van der Waals surface area contributed by atoms with Crippen LogP contribution in [0.25, 0.3) is 0 Å². The van der Waals surface area contributed by atoms with Crippen LogP contribution in [0.3, 0.4) is 0 Å². The summed E-state index contributed by atoms with van der Waals surface area (Å²) in [5, 5.41) is 3.37. The molecule has 0 saturated carbocycles. The summed E-state index contributed by atoms with van der Waals surface area (Å²) in [7, 11) is 2.03. The highest BCUT2D eigenvalue weighted by atomic mass is 16.5. The lowest BCUT2D eigenvalue weighted by atomic mass is 9.87. The van der Waals surface area contributed by atoms with Crippen LogP contribution in [0.5, 0.6) is 5.75 Å². The van der Waals surface area contributed by atoms with Gasteiger partial charge in [0.2, 0.25) is 0 Å². The molecule has 0 saturated heterocycles. The van der Waals surface area contributed by atoms with E-state index in [1.54, 1.807) is 0 Å². The Kier molecular flexibility index (Phi) is 4.21. The molecular formula is C15H21NO. The van der Waals surface area contributed by atoms with E-state index in [9.17, 15) is 0 Å². The van der Waals surface area contributed by atoms with E-state index in [4.69, 9.17) is 4.74 Å². The molecule has 2 heteroatoms. The van der Waals surface area contributed by atoms with Crippen LogP contribution in [0.1, 0.15) is 30.7 Å². The largest absolute Gasteiger partial charge is 0.493 e. The van der Waals surface area contributed by atoms with Gasteiger partial charge in [-0.2, -0.15) is 0 Å². The van der Waals surface area contributed by atoms with E-state index in [-0.39, 0.29) is 0 Å². The molecule has 0 aromatic heterocycles. The first-order chi connectivity index (χ1) is 8.35. The minimum Gasteiger partial charge on any atom is -0.493 e. The minimum atomic E-state index is 0.517. The van der Waals surface area contributed by atoms with E-state index in [0.29, 0.717) is 12.0 Å². The molecule has 0 aliphatic carbocycles. The lowest BCUT2D eigenvalue weighted by molar-refractivity contribution is 0.256. The Morgan fingerprint density at radius 1 is 1.53 bits per heavy atom. The maximum atomic E-state index is 5.69.